The number of nitrogen functional groups attached to an aromatic ring is 1. The second-order valence-electron chi connectivity index (χ2n) is 5.38. The van der Waals surface area contributed by atoms with Gasteiger partial charge in [-0.25, -0.2) is 17.2 Å². The summed E-state index contributed by atoms with van der Waals surface area (Å²) in [6.07, 6.45) is 0. The Morgan fingerprint density at radius 2 is 1.60 bits per heavy atom. The van der Waals surface area contributed by atoms with Crippen LogP contribution in [0.15, 0.2) is 17.0 Å². The molecule has 20 heavy (non-hydrogen) atoms. The summed E-state index contributed by atoms with van der Waals surface area (Å²) in [4.78, 5) is -0.943. The Labute approximate surface area is 118 Å². The molecule has 1 rings (SSSR count). The Hall–Kier alpha value is -1.21. The van der Waals surface area contributed by atoms with Gasteiger partial charge in [-0.05, 0) is 31.9 Å². The quantitative estimate of drug-likeness (QED) is 0.851. The highest BCUT2D eigenvalue weighted by Gasteiger charge is 2.33. The minimum absolute atomic E-state index is 0.0343. The Morgan fingerprint density at radius 3 is 1.95 bits per heavy atom. The molecule has 1 aromatic rings. The molecular formula is C13H20F2N2O2S. The number of halogens is 2. The second kappa shape index (κ2) is 6.05. The fourth-order valence-electron chi connectivity index (χ4n) is 1.89. The highest BCUT2D eigenvalue weighted by atomic mass is 32.2. The zero-order valence-corrected chi connectivity index (χ0v) is 12.8. The minimum atomic E-state index is -4.25. The number of sulfonamides is 1. The predicted molar refractivity (Wildman–Crippen MR) is 74.6 cm³/mol. The van der Waals surface area contributed by atoms with Crippen LogP contribution in [0.3, 0.4) is 0 Å². The average molecular weight is 306 g/mol. The monoisotopic (exact) mass is 306 g/mol. The van der Waals surface area contributed by atoms with E-state index in [2.05, 4.69) is 0 Å². The van der Waals surface area contributed by atoms with Crippen molar-refractivity contribution in [1.29, 1.82) is 0 Å². The van der Waals surface area contributed by atoms with Gasteiger partial charge in [-0.2, -0.15) is 4.31 Å². The van der Waals surface area contributed by atoms with Crippen molar-refractivity contribution in [1.82, 2.24) is 4.31 Å². The molecule has 114 valence electrons. The predicted octanol–water partition coefficient (Wildman–Crippen LogP) is 2.60. The number of hydrogen-bond acceptors (Lipinski definition) is 3. The van der Waals surface area contributed by atoms with E-state index in [0.29, 0.717) is 0 Å². The summed E-state index contributed by atoms with van der Waals surface area (Å²) in [7, 11) is -4.25. The highest BCUT2D eigenvalue weighted by molar-refractivity contribution is 7.89. The third-order valence-corrected chi connectivity index (χ3v) is 4.80. The van der Waals surface area contributed by atoms with Crippen LogP contribution in [0.5, 0.6) is 0 Å². The van der Waals surface area contributed by atoms with Crippen molar-refractivity contribution in [3.63, 3.8) is 0 Å². The molecule has 0 saturated carbocycles. The molecule has 0 spiro atoms. The summed E-state index contributed by atoms with van der Waals surface area (Å²) in [6.45, 7) is 7.17. The van der Waals surface area contributed by atoms with E-state index in [4.69, 9.17) is 5.73 Å². The van der Waals surface area contributed by atoms with Crippen LogP contribution in [-0.2, 0) is 10.0 Å². The zero-order valence-electron chi connectivity index (χ0n) is 12.0. The average Bonchev–Trinajstić information content (AvgIpc) is 2.22. The first kappa shape index (κ1) is 16.8. The van der Waals surface area contributed by atoms with Crippen LogP contribution >= 0.6 is 0 Å². The number of nitrogens with zero attached hydrogens (tertiary/aromatic N) is 1. The summed E-state index contributed by atoms with van der Waals surface area (Å²) in [5.74, 6) is -2.30. The number of rotatable bonds is 5. The molecule has 0 unspecified atom stereocenters. The van der Waals surface area contributed by atoms with Crippen LogP contribution in [0.25, 0.3) is 0 Å². The number of benzene rings is 1. The van der Waals surface area contributed by atoms with Crippen LogP contribution in [0.2, 0.25) is 0 Å². The third-order valence-electron chi connectivity index (χ3n) is 2.71. The molecule has 4 nitrogen and oxygen atoms in total. The van der Waals surface area contributed by atoms with Gasteiger partial charge < -0.3 is 5.73 Å². The van der Waals surface area contributed by atoms with Crippen molar-refractivity contribution in [3.05, 3.63) is 23.8 Å². The third kappa shape index (κ3) is 3.46. The smallest absolute Gasteiger partial charge is 0.249 e. The number of anilines is 1. The van der Waals surface area contributed by atoms with Gasteiger partial charge in [0.05, 0.1) is 0 Å². The standard InChI is InChI=1S/C13H20F2N2O2S/c1-8(2)7-17(9(3)4)20(18,19)13-11(14)5-10(16)6-12(13)15/h5-6,8-9H,7,16H2,1-4H3. The molecule has 1 aromatic carbocycles. The molecule has 0 aliphatic carbocycles. The first-order valence-electron chi connectivity index (χ1n) is 6.33. The lowest BCUT2D eigenvalue weighted by Crippen LogP contribution is -2.40. The topological polar surface area (TPSA) is 63.4 Å². The fraction of sp³-hybridized carbons (Fsp3) is 0.538. The van der Waals surface area contributed by atoms with Crippen LogP contribution in [0, 0.1) is 17.6 Å². The SMILES string of the molecule is CC(C)CN(C(C)C)S(=O)(=O)c1c(F)cc(N)cc1F. The maximum absolute atomic E-state index is 13.8. The zero-order chi connectivity index (χ0) is 15.7. The molecule has 0 bridgehead atoms. The first-order valence-corrected chi connectivity index (χ1v) is 7.77. The Balaban J connectivity index is 3.41. The molecule has 0 aliphatic heterocycles. The van der Waals surface area contributed by atoms with E-state index < -0.39 is 32.6 Å². The lowest BCUT2D eigenvalue weighted by atomic mass is 10.2. The van der Waals surface area contributed by atoms with Crippen LogP contribution < -0.4 is 5.73 Å². The summed E-state index contributed by atoms with van der Waals surface area (Å²) < 4.78 is 53.7. The van der Waals surface area contributed by atoms with Crippen molar-refractivity contribution < 1.29 is 17.2 Å². The van der Waals surface area contributed by atoms with E-state index >= 15 is 0 Å². The Kier molecular flexibility index (Phi) is 5.10. The molecule has 0 aromatic heterocycles. The lowest BCUT2D eigenvalue weighted by molar-refractivity contribution is 0.315. The van der Waals surface area contributed by atoms with Crippen molar-refractivity contribution in [2.75, 3.05) is 12.3 Å². The highest BCUT2D eigenvalue weighted by Crippen LogP contribution is 2.26. The van der Waals surface area contributed by atoms with Crippen LogP contribution in [-0.4, -0.2) is 25.3 Å². The Bertz CT molecular complexity index is 563. The van der Waals surface area contributed by atoms with E-state index in [0.717, 1.165) is 16.4 Å². The van der Waals surface area contributed by atoms with Gasteiger partial charge in [-0.15, -0.1) is 0 Å². The van der Waals surface area contributed by atoms with Gasteiger partial charge in [0.1, 0.15) is 11.6 Å². The van der Waals surface area contributed by atoms with Gasteiger partial charge in [0.15, 0.2) is 4.90 Å². The van der Waals surface area contributed by atoms with Crippen molar-refractivity contribution in [2.45, 2.75) is 38.6 Å². The first-order chi connectivity index (χ1) is 9.07. The van der Waals surface area contributed by atoms with Crippen LogP contribution in [0.4, 0.5) is 14.5 Å². The van der Waals surface area contributed by atoms with E-state index in [-0.39, 0.29) is 18.2 Å². The molecule has 2 N–H and O–H groups in total. The van der Waals surface area contributed by atoms with E-state index in [1.807, 2.05) is 13.8 Å². The van der Waals surface area contributed by atoms with E-state index in [1.165, 1.54) is 0 Å². The molecule has 0 aliphatic rings. The Morgan fingerprint density at radius 1 is 1.15 bits per heavy atom. The second-order valence-corrected chi connectivity index (χ2v) is 7.20. The van der Waals surface area contributed by atoms with Gasteiger partial charge in [0.2, 0.25) is 10.0 Å². The summed E-state index contributed by atoms with van der Waals surface area (Å²) in [5, 5.41) is 0. The number of nitrogens with two attached hydrogens (primary N) is 1. The van der Waals surface area contributed by atoms with Crippen molar-refractivity contribution in [2.24, 2.45) is 5.92 Å². The van der Waals surface area contributed by atoms with Crippen molar-refractivity contribution >= 4 is 15.7 Å². The molecule has 0 saturated heterocycles. The largest absolute Gasteiger partial charge is 0.399 e. The van der Waals surface area contributed by atoms with Crippen LogP contribution in [0.1, 0.15) is 27.7 Å². The van der Waals surface area contributed by atoms with Gasteiger partial charge in [-0.1, -0.05) is 13.8 Å². The molecule has 0 amide bonds. The van der Waals surface area contributed by atoms with Gasteiger partial charge in [-0.3, -0.25) is 0 Å². The molecule has 0 heterocycles. The molecule has 0 atom stereocenters. The molecular weight excluding hydrogens is 286 g/mol. The maximum atomic E-state index is 13.8. The van der Waals surface area contributed by atoms with Crippen molar-refractivity contribution in [3.8, 4) is 0 Å². The number of hydrogen-bond donors (Lipinski definition) is 1. The molecule has 7 heteroatoms. The van der Waals surface area contributed by atoms with Gasteiger partial charge in [0, 0.05) is 18.3 Å². The minimum Gasteiger partial charge on any atom is -0.399 e. The van der Waals surface area contributed by atoms with Gasteiger partial charge in [0.25, 0.3) is 0 Å². The van der Waals surface area contributed by atoms with E-state index in [1.54, 1.807) is 13.8 Å². The summed E-state index contributed by atoms with van der Waals surface area (Å²) in [5.41, 5.74) is 5.15. The van der Waals surface area contributed by atoms with E-state index in [9.17, 15) is 17.2 Å². The maximum Gasteiger partial charge on any atom is 0.249 e. The summed E-state index contributed by atoms with van der Waals surface area (Å²) >= 11 is 0. The fourth-order valence-corrected chi connectivity index (χ4v) is 3.78. The van der Waals surface area contributed by atoms with Gasteiger partial charge >= 0.3 is 0 Å². The summed E-state index contributed by atoms with van der Waals surface area (Å²) in [6, 6.07) is 1.21. The molecule has 0 fully saturated rings. The normalized spacial score (nSPS) is 12.7. The lowest BCUT2D eigenvalue weighted by Gasteiger charge is -2.27. The molecule has 0 radical (unpaired) electrons.